The van der Waals surface area contributed by atoms with Crippen molar-refractivity contribution in [3.8, 4) is 0 Å². The fourth-order valence-corrected chi connectivity index (χ4v) is 2.55. The van der Waals surface area contributed by atoms with E-state index in [9.17, 15) is 18.8 Å². The van der Waals surface area contributed by atoms with E-state index in [1.54, 1.807) is 0 Å². The van der Waals surface area contributed by atoms with Gasteiger partial charge < -0.3 is 0 Å². The summed E-state index contributed by atoms with van der Waals surface area (Å²) in [5, 5.41) is 1.98. The van der Waals surface area contributed by atoms with Gasteiger partial charge in [0.1, 0.15) is 5.82 Å². The predicted octanol–water partition coefficient (Wildman–Crippen LogP) is 0.306. The Bertz CT molecular complexity index is 852. The summed E-state index contributed by atoms with van der Waals surface area (Å²) in [6, 6.07) is 3.80. The number of aromatic amines is 1. The number of hydrogen-bond donors (Lipinski definition) is 1. The fourth-order valence-electron chi connectivity index (χ4n) is 1.81. The summed E-state index contributed by atoms with van der Waals surface area (Å²) in [4.78, 5) is 38.6. The molecule has 1 amide bonds. The van der Waals surface area contributed by atoms with Gasteiger partial charge in [0.15, 0.2) is 5.17 Å². The highest BCUT2D eigenvalue weighted by Crippen LogP contribution is 2.14. The lowest BCUT2D eigenvalue weighted by Crippen LogP contribution is -2.33. The van der Waals surface area contributed by atoms with Crippen molar-refractivity contribution in [2.24, 2.45) is 4.99 Å². The van der Waals surface area contributed by atoms with Crippen LogP contribution in [0.15, 0.2) is 32.8 Å². The molecule has 96 valence electrons. The Morgan fingerprint density at radius 2 is 2.11 bits per heavy atom. The second-order valence-electron chi connectivity index (χ2n) is 3.82. The summed E-state index contributed by atoms with van der Waals surface area (Å²) in [6.07, 6.45) is 0. The monoisotopic (exact) mass is 279 g/mol. The Morgan fingerprint density at radius 3 is 2.79 bits per heavy atom. The number of carbonyl (C=O) groups is 1. The van der Waals surface area contributed by atoms with Crippen molar-refractivity contribution in [1.29, 1.82) is 0 Å². The molecule has 6 nitrogen and oxygen atoms in total. The molecular formula is C11H6FN3O3S. The minimum Gasteiger partial charge on any atom is -0.272 e. The molecule has 0 saturated heterocycles. The third kappa shape index (κ3) is 1.80. The first-order chi connectivity index (χ1) is 9.08. The summed E-state index contributed by atoms with van der Waals surface area (Å²) >= 11 is 1.04. The smallest absolute Gasteiger partial charge is 0.272 e. The zero-order valence-corrected chi connectivity index (χ0v) is 10.2. The molecule has 3 rings (SSSR count). The van der Waals surface area contributed by atoms with E-state index >= 15 is 0 Å². The quantitative estimate of drug-likeness (QED) is 0.752. The molecule has 1 aromatic heterocycles. The average molecular weight is 279 g/mol. The number of H-pyrrole nitrogens is 1. The molecule has 0 saturated carbocycles. The zero-order valence-electron chi connectivity index (χ0n) is 9.34. The van der Waals surface area contributed by atoms with Crippen LogP contribution in [0.5, 0.6) is 0 Å². The Balaban J connectivity index is 2.39. The van der Waals surface area contributed by atoms with E-state index in [1.807, 2.05) is 0 Å². The van der Waals surface area contributed by atoms with Crippen LogP contribution in [0.4, 0.5) is 4.39 Å². The highest BCUT2D eigenvalue weighted by atomic mass is 32.2. The van der Waals surface area contributed by atoms with Crippen LogP contribution in [0.2, 0.25) is 0 Å². The maximum atomic E-state index is 13.5. The summed E-state index contributed by atoms with van der Waals surface area (Å²) < 4.78 is 14.4. The number of benzene rings is 1. The van der Waals surface area contributed by atoms with Crippen molar-refractivity contribution >= 4 is 33.6 Å². The molecule has 0 bridgehead atoms. The highest BCUT2D eigenvalue weighted by molar-refractivity contribution is 8.14. The number of halogens is 1. The number of aromatic nitrogens is 2. The van der Waals surface area contributed by atoms with Crippen molar-refractivity contribution in [1.82, 2.24) is 9.78 Å². The molecule has 0 atom stereocenters. The molecule has 1 N–H and O–H groups in total. The number of aliphatic imine (C=N–C) groups is 1. The van der Waals surface area contributed by atoms with Gasteiger partial charge in [-0.3, -0.25) is 19.5 Å². The van der Waals surface area contributed by atoms with Crippen molar-refractivity contribution < 1.29 is 9.18 Å². The third-order valence-corrected chi connectivity index (χ3v) is 3.55. The van der Waals surface area contributed by atoms with E-state index in [0.29, 0.717) is 0 Å². The molecule has 0 fully saturated rings. The van der Waals surface area contributed by atoms with Gasteiger partial charge in [0, 0.05) is 0 Å². The van der Waals surface area contributed by atoms with Crippen LogP contribution in [0.1, 0.15) is 0 Å². The number of nitrogens with zero attached hydrogens (tertiary/aromatic N) is 2. The number of nitrogens with one attached hydrogen (secondary N) is 1. The van der Waals surface area contributed by atoms with Gasteiger partial charge in [-0.1, -0.05) is 17.8 Å². The van der Waals surface area contributed by atoms with Gasteiger partial charge >= 0.3 is 0 Å². The van der Waals surface area contributed by atoms with E-state index < -0.39 is 16.9 Å². The van der Waals surface area contributed by atoms with E-state index in [2.05, 4.69) is 10.1 Å². The minimum atomic E-state index is -0.764. The number of carbonyl (C=O) groups excluding carboxylic acids is 1. The van der Waals surface area contributed by atoms with E-state index in [4.69, 9.17) is 0 Å². The molecule has 1 aliphatic heterocycles. The molecule has 0 aliphatic carbocycles. The van der Waals surface area contributed by atoms with Crippen molar-refractivity contribution in [2.75, 3.05) is 5.75 Å². The Labute approximate surface area is 108 Å². The minimum absolute atomic E-state index is 0.0496. The van der Waals surface area contributed by atoms with Gasteiger partial charge in [0.05, 0.1) is 16.5 Å². The Kier molecular flexibility index (Phi) is 2.59. The van der Waals surface area contributed by atoms with Crippen LogP contribution in [-0.2, 0) is 4.79 Å². The van der Waals surface area contributed by atoms with Gasteiger partial charge in [-0.2, -0.15) is 9.67 Å². The topological polar surface area (TPSA) is 84.3 Å². The first-order valence-corrected chi connectivity index (χ1v) is 6.25. The van der Waals surface area contributed by atoms with Crippen LogP contribution in [0.3, 0.4) is 0 Å². The highest BCUT2D eigenvalue weighted by Gasteiger charge is 2.20. The molecular weight excluding hydrogens is 273 g/mol. The maximum absolute atomic E-state index is 13.5. The molecule has 2 aromatic rings. The van der Waals surface area contributed by atoms with Crippen LogP contribution < -0.4 is 11.1 Å². The van der Waals surface area contributed by atoms with Gasteiger partial charge in [-0.05, 0) is 12.1 Å². The summed E-state index contributed by atoms with van der Waals surface area (Å²) in [5.74, 6) is -1.03. The number of amides is 1. The Morgan fingerprint density at radius 1 is 1.32 bits per heavy atom. The number of thioether (sulfide) groups is 1. The summed E-state index contributed by atoms with van der Waals surface area (Å²) in [7, 11) is 0. The Hall–Kier alpha value is -2.22. The van der Waals surface area contributed by atoms with Gasteiger partial charge in [-0.15, -0.1) is 0 Å². The lowest BCUT2D eigenvalue weighted by Gasteiger charge is -2.05. The second-order valence-corrected chi connectivity index (χ2v) is 4.76. The number of fused-ring (bicyclic) bond motifs is 1. The first kappa shape index (κ1) is 11.8. The van der Waals surface area contributed by atoms with Gasteiger partial charge in [0.25, 0.3) is 17.0 Å². The average Bonchev–Trinajstić information content (AvgIpc) is 2.80. The van der Waals surface area contributed by atoms with Gasteiger partial charge in [-0.25, -0.2) is 4.39 Å². The molecule has 8 heteroatoms. The third-order valence-electron chi connectivity index (χ3n) is 2.62. The van der Waals surface area contributed by atoms with Crippen molar-refractivity contribution in [3.05, 3.63) is 44.7 Å². The zero-order chi connectivity index (χ0) is 13.6. The molecule has 0 unspecified atom stereocenters. The van der Waals surface area contributed by atoms with E-state index in [-0.39, 0.29) is 27.6 Å². The van der Waals surface area contributed by atoms with Crippen LogP contribution in [0.25, 0.3) is 10.8 Å². The standard InChI is InChI=1S/C11H6FN3O3S/c12-6-3-1-2-5-8(6)9(17)14-15(10(5)18)11-13-7(16)4-19-11/h1-3H,4H2,(H,14,17). The maximum Gasteiger partial charge on any atom is 0.279 e. The molecule has 0 radical (unpaired) electrons. The second kappa shape index (κ2) is 4.16. The lowest BCUT2D eigenvalue weighted by molar-refractivity contribution is -0.115. The van der Waals surface area contributed by atoms with Crippen LogP contribution in [0, 0.1) is 5.82 Å². The normalized spacial score (nSPS) is 15.0. The van der Waals surface area contributed by atoms with E-state index in [0.717, 1.165) is 22.5 Å². The lowest BCUT2D eigenvalue weighted by atomic mass is 10.2. The SMILES string of the molecule is O=C1CSC(n2[nH]c(=O)c3c(F)cccc3c2=O)=N1. The molecule has 19 heavy (non-hydrogen) atoms. The molecule has 1 aromatic carbocycles. The summed E-state index contributed by atoms with van der Waals surface area (Å²) in [6.45, 7) is 0. The fraction of sp³-hybridized carbons (Fsp3) is 0.0909. The van der Waals surface area contributed by atoms with Crippen LogP contribution >= 0.6 is 11.8 Å². The van der Waals surface area contributed by atoms with Crippen molar-refractivity contribution in [2.45, 2.75) is 0 Å². The predicted molar refractivity (Wildman–Crippen MR) is 69.1 cm³/mol. The number of hydrogen-bond acceptors (Lipinski definition) is 4. The molecule has 0 spiro atoms. The summed E-state index contributed by atoms with van der Waals surface area (Å²) in [5.41, 5.74) is -1.36. The molecule has 1 aliphatic rings. The molecule has 2 heterocycles. The first-order valence-electron chi connectivity index (χ1n) is 5.26. The van der Waals surface area contributed by atoms with Crippen LogP contribution in [-0.4, -0.2) is 26.6 Å². The van der Waals surface area contributed by atoms with Gasteiger partial charge in [0.2, 0.25) is 0 Å². The van der Waals surface area contributed by atoms with E-state index in [1.165, 1.54) is 12.1 Å². The number of rotatable bonds is 0. The largest absolute Gasteiger partial charge is 0.279 e. The van der Waals surface area contributed by atoms with Crippen molar-refractivity contribution in [3.63, 3.8) is 0 Å².